The molecular formula is C25H19N5O2S3. The van der Waals surface area contributed by atoms with E-state index in [1.165, 1.54) is 34.6 Å². The zero-order valence-electron chi connectivity index (χ0n) is 18.4. The molecule has 0 bridgehead atoms. The highest BCUT2D eigenvalue weighted by atomic mass is 32.2. The number of fused-ring (bicyclic) bond motifs is 1. The average molecular weight is 518 g/mol. The molecule has 0 saturated carbocycles. The molecule has 174 valence electrons. The van der Waals surface area contributed by atoms with E-state index in [0.717, 1.165) is 21.7 Å². The molecule has 0 radical (unpaired) electrons. The fourth-order valence-electron chi connectivity index (χ4n) is 3.50. The second-order valence-electron chi connectivity index (χ2n) is 7.42. The number of thiophene rings is 1. The number of rotatable bonds is 8. The zero-order chi connectivity index (χ0) is 24.2. The summed E-state index contributed by atoms with van der Waals surface area (Å²) in [6.45, 7) is 4.07. The molecule has 0 aliphatic carbocycles. The molecular weight excluding hydrogens is 499 g/mol. The molecule has 35 heavy (non-hydrogen) atoms. The van der Waals surface area contributed by atoms with Crippen molar-refractivity contribution in [2.45, 2.75) is 11.7 Å². The summed E-state index contributed by atoms with van der Waals surface area (Å²) in [6, 6.07) is 19.4. The van der Waals surface area contributed by atoms with E-state index in [4.69, 9.17) is 4.98 Å². The van der Waals surface area contributed by atoms with Gasteiger partial charge in [0.15, 0.2) is 5.16 Å². The average Bonchev–Trinajstić information content (AvgIpc) is 3.53. The number of nitrogens with zero attached hydrogens (tertiary/aromatic N) is 4. The van der Waals surface area contributed by atoms with E-state index in [0.29, 0.717) is 21.9 Å². The molecule has 3 heterocycles. The lowest BCUT2D eigenvalue weighted by molar-refractivity contribution is -0.113. The number of aromatic nitrogens is 4. The second-order valence-corrected chi connectivity index (χ2v) is 9.97. The van der Waals surface area contributed by atoms with Crippen LogP contribution in [-0.2, 0) is 11.3 Å². The van der Waals surface area contributed by atoms with Gasteiger partial charge in [-0.25, -0.2) is 4.98 Å². The Morgan fingerprint density at radius 3 is 2.49 bits per heavy atom. The standard InChI is InChI=1S/C25H19N5O2S3/c1-2-13-30-23(32)20-18(16-9-5-3-6-10-16)14-33-22(20)28-25(30)34-15-19(31)26-24-27-21(35-29-24)17-11-7-4-8-12-17/h2-12,14H,1,13,15H2,(H,26,29,31). The molecule has 10 heteroatoms. The van der Waals surface area contributed by atoms with E-state index in [-0.39, 0.29) is 23.2 Å². The number of allylic oxidation sites excluding steroid dienone is 1. The van der Waals surface area contributed by atoms with Crippen LogP contribution in [0.3, 0.4) is 0 Å². The van der Waals surface area contributed by atoms with Crippen LogP contribution < -0.4 is 10.9 Å². The normalized spacial score (nSPS) is 11.0. The molecule has 0 fully saturated rings. The van der Waals surface area contributed by atoms with Gasteiger partial charge in [-0.1, -0.05) is 78.5 Å². The molecule has 0 aliphatic rings. The van der Waals surface area contributed by atoms with Gasteiger partial charge in [-0.2, -0.15) is 9.36 Å². The third kappa shape index (κ3) is 4.95. The first-order chi connectivity index (χ1) is 17.1. The summed E-state index contributed by atoms with van der Waals surface area (Å²) in [5, 5.41) is 6.45. The summed E-state index contributed by atoms with van der Waals surface area (Å²) in [7, 11) is 0. The predicted octanol–water partition coefficient (Wildman–Crippen LogP) is 5.56. The Labute approximate surface area is 213 Å². The minimum Gasteiger partial charge on any atom is -0.293 e. The number of nitrogens with one attached hydrogen (secondary N) is 1. The van der Waals surface area contributed by atoms with Crippen LogP contribution in [0.1, 0.15) is 0 Å². The van der Waals surface area contributed by atoms with Crippen LogP contribution in [-0.4, -0.2) is 30.6 Å². The molecule has 0 unspecified atom stereocenters. The van der Waals surface area contributed by atoms with Crippen LogP contribution in [0.25, 0.3) is 31.9 Å². The Kier molecular flexibility index (Phi) is 6.84. The zero-order valence-corrected chi connectivity index (χ0v) is 20.8. The first kappa shape index (κ1) is 23.2. The third-order valence-corrected chi connectivity index (χ3v) is 7.70. The van der Waals surface area contributed by atoms with Crippen molar-refractivity contribution in [3.05, 3.63) is 89.1 Å². The van der Waals surface area contributed by atoms with Gasteiger partial charge in [0.05, 0.1) is 11.1 Å². The molecule has 2 aromatic carbocycles. The van der Waals surface area contributed by atoms with Crippen LogP contribution >= 0.6 is 34.6 Å². The van der Waals surface area contributed by atoms with Gasteiger partial charge in [0.1, 0.15) is 9.84 Å². The molecule has 5 rings (SSSR count). The van der Waals surface area contributed by atoms with Gasteiger partial charge in [-0.05, 0) is 17.1 Å². The maximum Gasteiger partial charge on any atom is 0.263 e. The molecule has 1 amide bonds. The number of carbonyl (C=O) groups is 1. The fraction of sp³-hybridized carbons (Fsp3) is 0.0800. The highest BCUT2D eigenvalue weighted by Crippen LogP contribution is 2.32. The lowest BCUT2D eigenvalue weighted by Crippen LogP contribution is -2.23. The Morgan fingerprint density at radius 1 is 1.06 bits per heavy atom. The first-order valence-electron chi connectivity index (χ1n) is 10.6. The van der Waals surface area contributed by atoms with Crippen molar-refractivity contribution in [3.63, 3.8) is 0 Å². The van der Waals surface area contributed by atoms with E-state index >= 15 is 0 Å². The van der Waals surface area contributed by atoms with Crippen molar-refractivity contribution in [1.29, 1.82) is 0 Å². The van der Waals surface area contributed by atoms with Gasteiger partial charge in [0, 0.05) is 23.1 Å². The number of amides is 1. The SMILES string of the molecule is C=CCn1c(SCC(=O)Nc2nsc(-c3ccccc3)n2)nc2scc(-c3ccccc3)c2c1=O. The monoisotopic (exact) mass is 517 g/mol. The van der Waals surface area contributed by atoms with Gasteiger partial charge in [-0.15, -0.1) is 17.9 Å². The Morgan fingerprint density at radius 2 is 1.77 bits per heavy atom. The number of benzene rings is 2. The van der Waals surface area contributed by atoms with Gasteiger partial charge >= 0.3 is 0 Å². The summed E-state index contributed by atoms with van der Waals surface area (Å²) in [5.41, 5.74) is 2.62. The van der Waals surface area contributed by atoms with Crippen molar-refractivity contribution >= 4 is 56.7 Å². The van der Waals surface area contributed by atoms with Crippen molar-refractivity contribution in [2.75, 3.05) is 11.1 Å². The van der Waals surface area contributed by atoms with E-state index in [1.807, 2.05) is 66.0 Å². The third-order valence-electron chi connectivity index (χ3n) is 5.09. The molecule has 1 N–H and O–H groups in total. The van der Waals surface area contributed by atoms with E-state index in [9.17, 15) is 9.59 Å². The lowest BCUT2D eigenvalue weighted by Gasteiger charge is -2.10. The van der Waals surface area contributed by atoms with Crippen molar-refractivity contribution in [2.24, 2.45) is 0 Å². The topological polar surface area (TPSA) is 89.8 Å². The summed E-state index contributed by atoms with van der Waals surface area (Å²) in [6.07, 6.45) is 1.65. The number of carbonyl (C=O) groups excluding carboxylic acids is 1. The van der Waals surface area contributed by atoms with E-state index in [2.05, 4.69) is 21.3 Å². The number of thioether (sulfide) groups is 1. The fourth-order valence-corrected chi connectivity index (χ4v) is 5.92. The first-order valence-corrected chi connectivity index (χ1v) is 13.3. The second kappa shape index (κ2) is 10.3. The summed E-state index contributed by atoms with van der Waals surface area (Å²) < 4.78 is 5.78. The summed E-state index contributed by atoms with van der Waals surface area (Å²) in [4.78, 5) is 35.8. The smallest absolute Gasteiger partial charge is 0.263 e. The maximum absolute atomic E-state index is 13.4. The number of hydrogen-bond acceptors (Lipinski definition) is 8. The van der Waals surface area contributed by atoms with Crippen LogP contribution in [0.4, 0.5) is 5.95 Å². The van der Waals surface area contributed by atoms with Crippen molar-refractivity contribution < 1.29 is 4.79 Å². The van der Waals surface area contributed by atoms with Gasteiger partial charge in [-0.3, -0.25) is 19.5 Å². The molecule has 0 saturated heterocycles. The van der Waals surface area contributed by atoms with E-state index in [1.54, 1.807) is 10.6 Å². The largest absolute Gasteiger partial charge is 0.293 e. The highest BCUT2D eigenvalue weighted by Gasteiger charge is 2.18. The molecule has 5 aromatic rings. The van der Waals surface area contributed by atoms with Crippen LogP contribution in [0.5, 0.6) is 0 Å². The van der Waals surface area contributed by atoms with Gasteiger partial charge in [0.2, 0.25) is 11.9 Å². The van der Waals surface area contributed by atoms with Gasteiger partial charge in [0.25, 0.3) is 5.56 Å². The summed E-state index contributed by atoms with van der Waals surface area (Å²) in [5.74, 6) is 0.0477. The van der Waals surface area contributed by atoms with Gasteiger partial charge < -0.3 is 0 Å². The quantitative estimate of drug-likeness (QED) is 0.165. The Bertz CT molecular complexity index is 1560. The molecule has 0 aliphatic heterocycles. The van der Waals surface area contributed by atoms with Crippen LogP contribution in [0, 0.1) is 0 Å². The summed E-state index contributed by atoms with van der Waals surface area (Å²) >= 11 is 3.84. The van der Waals surface area contributed by atoms with Crippen LogP contribution in [0.15, 0.2) is 88.6 Å². The molecule has 7 nitrogen and oxygen atoms in total. The van der Waals surface area contributed by atoms with Crippen molar-refractivity contribution in [3.8, 4) is 21.7 Å². The van der Waals surface area contributed by atoms with Crippen LogP contribution in [0.2, 0.25) is 0 Å². The molecule has 3 aromatic heterocycles. The highest BCUT2D eigenvalue weighted by molar-refractivity contribution is 7.99. The number of anilines is 1. The van der Waals surface area contributed by atoms with E-state index < -0.39 is 0 Å². The predicted molar refractivity (Wildman–Crippen MR) is 144 cm³/mol. The lowest BCUT2D eigenvalue weighted by atomic mass is 10.1. The minimum absolute atomic E-state index is 0.0614. The Hall–Kier alpha value is -3.60. The van der Waals surface area contributed by atoms with Crippen molar-refractivity contribution in [1.82, 2.24) is 18.9 Å². The molecule has 0 spiro atoms. The minimum atomic E-state index is -0.275. The molecule has 0 atom stereocenters. The maximum atomic E-state index is 13.4. The number of hydrogen-bond donors (Lipinski definition) is 1. The Balaban J connectivity index is 1.36.